The maximum absolute atomic E-state index is 13.6. The Labute approximate surface area is 192 Å². The normalized spacial score (nSPS) is 15.2. The molecule has 0 saturated heterocycles. The minimum atomic E-state index is -0.608. The zero-order valence-corrected chi connectivity index (χ0v) is 19.5. The van der Waals surface area contributed by atoms with Crippen molar-refractivity contribution in [3.63, 3.8) is 0 Å². The summed E-state index contributed by atoms with van der Waals surface area (Å²) in [5, 5.41) is 0.466. The molecule has 2 heterocycles. The fourth-order valence-electron chi connectivity index (χ4n) is 4.20. The van der Waals surface area contributed by atoms with Crippen molar-refractivity contribution in [1.29, 1.82) is 0 Å². The molecule has 0 bridgehead atoms. The molecule has 174 valence electrons. The Balaban J connectivity index is 1.90. The van der Waals surface area contributed by atoms with Crippen molar-refractivity contribution in [3.8, 4) is 11.5 Å². The molecule has 1 aromatic heterocycles. The average Bonchev–Trinajstić information content (AvgIpc) is 3.09. The van der Waals surface area contributed by atoms with Gasteiger partial charge < -0.3 is 23.5 Å². The van der Waals surface area contributed by atoms with Gasteiger partial charge in [-0.05, 0) is 50.1 Å². The van der Waals surface area contributed by atoms with Gasteiger partial charge in [0.2, 0.25) is 5.76 Å². The van der Waals surface area contributed by atoms with Crippen molar-refractivity contribution in [2.24, 2.45) is 0 Å². The van der Waals surface area contributed by atoms with Crippen LogP contribution in [0, 0.1) is 6.92 Å². The van der Waals surface area contributed by atoms with Gasteiger partial charge in [0.1, 0.15) is 5.58 Å². The van der Waals surface area contributed by atoms with E-state index >= 15 is 0 Å². The molecule has 4 rings (SSSR count). The molecule has 0 radical (unpaired) electrons. The highest BCUT2D eigenvalue weighted by atomic mass is 16.5. The van der Waals surface area contributed by atoms with Crippen LogP contribution < -0.4 is 14.9 Å². The van der Waals surface area contributed by atoms with E-state index in [1.807, 2.05) is 45.0 Å². The lowest BCUT2D eigenvalue weighted by molar-refractivity contribution is 0.0663. The lowest BCUT2D eigenvalue weighted by Gasteiger charge is -2.25. The molecule has 0 N–H and O–H groups in total. The van der Waals surface area contributed by atoms with Crippen molar-refractivity contribution >= 4 is 16.9 Å². The molecule has 1 atom stereocenters. The van der Waals surface area contributed by atoms with Crippen LogP contribution in [0.2, 0.25) is 0 Å². The molecule has 1 aliphatic rings. The summed E-state index contributed by atoms with van der Waals surface area (Å²) in [4.78, 5) is 28.6. The van der Waals surface area contributed by atoms with E-state index in [2.05, 4.69) is 0 Å². The highest BCUT2D eigenvalue weighted by Crippen LogP contribution is 2.41. The number of hydrogen-bond donors (Lipinski definition) is 0. The minimum Gasteiger partial charge on any atom is -0.490 e. The van der Waals surface area contributed by atoms with Crippen molar-refractivity contribution in [2.45, 2.75) is 33.2 Å². The van der Waals surface area contributed by atoms with Crippen molar-refractivity contribution in [1.82, 2.24) is 4.90 Å². The second-order valence-electron chi connectivity index (χ2n) is 8.06. The summed E-state index contributed by atoms with van der Waals surface area (Å²) in [5.74, 6) is 0.978. The number of hydrogen-bond acceptors (Lipinski definition) is 6. The van der Waals surface area contributed by atoms with E-state index in [-0.39, 0.29) is 17.1 Å². The van der Waals surface area contributed by atoms with Crippen LogP contribution in [0.5, 0.6) is 11.5 Å². The molecule has 0 saturated carbocycles. The van der Waals surface area contributed by atoms with E-state index < -0.39 is 6.04 Å². The van der Waals surface area contributed by atoms with Gasteiger partial charge in [-0.3, -0.25) is 9.59 Å². The molecule has 7 heteroatoms. The molecule has 0 unspecified atom stereocenters. The number of aryl methyl sites for hydroxylation is 1. The molecule has 0 fully saturated rings. The maximum atomic E-state index is 13.6. The fraction of sp³-hybridized carbons (Fsp3) is 0.385. The summed E-state index contributed by atoms with van der Waals surface area (Å²) < 4.78 is 22.9. The zero-order chi connectivity index (χ0) is 23.5. The quantitative estimate of drug-likeness (QED) is 0.477. The van der Waals surface area contributed by atoms with Gasteiger partial charge in [0.25, 0.3) is 5.91 Å². The molecule has 7 nitrogen and oxygen atoms in total. The molecule has 33 heavy (non-hydrogen) atoms. The lowest BCUT2D eigenvalue weighted by Crippen LogP contribution is -2.32. The third-order valence-electron chi connectivity index (χ3n) is 5.70. The second kappa shape index (κ2) is 9.67. The Morgan fingerprint density at radius 2 is 1.82 bits per heavy atom. The van der Waals surface area contributed by atoms with Gasteiger partial charge in [-0.25, -0.2) is 0 Å². The van der Waals surface area contributed by atoms with Crippen LogP contribution in [-0.4, -0.2) is 44.3 Å². The van der Waals surface area contributed by atoms with Gasteiger partial charge >= 0.3 is 0 Å². The van der Waals surface area contributed by atoms with Crippen molar-refractivity contribution in [2.75, 3.05) is 33.5 Å². The Hall–Kier alpha value is -3.32. The number of carbonyl (C=O) groups is 1. The number of ether oxygens (including phenoxy) is 3. The van der Waals surface area contributed by atoms with Crippen molar-refractivity contribution < 1.29 is 23.4 Å². The Kier molecular flexibility index (Phi) is 6.70. The van der Waals surface area contributed by atoms with Gasteiger partial charge in [0.05, 0.1) is 36.8 Å². The summed E-state index contributed by atoms with van der Waals surface area (Å²) in [7, 11) is 1.58. The van der Waals surface area contributed by atoms with Gasteiger partial charge in [-0.1, -0.05) is 24.6 Å². The van der Waals surface area contributed by atoms with Gasteiger partial charge in [0.15, 0.2) is 16.9 Å². The SMILES string of the molecule is CCCOc1ccc([C@@H]2c3c(oc4ccc(C)cc4c3=O)C(=O)N2CCOC)cc1OCC. The Morgan fingerprint density at radius 1 is 1.00 bits per heavy atom. The molecule has 3 aromatic rings. The van der Waals surface area contributed by atoms with E-state index in [4.69, 9.17) is 18.6 Å². The molecular formula is C26H29NO6. The minimum absolute atomic E-state index is 0.0849. The number of amides is 1. The third-order valence-corrected chi connectivity index (χ3v) is 5.70. The average molecular weight is 452 g/mol. The van der Waals surface area contributed by atoms with Gasteiger partial charge in [-0.15, -0.1) is 0 Å². The van der Waals surface area contributed by atoms with Crippen LogP contribution >= 0.6 is 0 Å². The standard InChI is InChI=1S/C26H29NO6/c1-5-12-32-20-10-8-17(15-21(20)31-6-2)23-22-24(28)18-14-16(3)7-9-19(18)33-25(22)26(29)27(23)11-13-30-4/h7-10,14-15,23H,5-6,11-13H2,1-4H3/t23-/m1/s1. The van der Waals surface area contributed by atoms with Crippen LogP contribution in [0.1, 0.15) is 53.6 Å². The summed E-state index contributed by atoms with van der Waals surface area (Å²) in [6.45, 7) is 7.54. The predicted octanol–water partition coefficient (Wildman–Crippen LogP) is 4.48. The lowest BCUT2D eigenvalue weighted by atomic mass is 9.97. The first-order chi connectivity index (χ1) is 16.0. The molecule has 1 aliphatic heterocycles. The Bertz CT molecular complexity index is 1230. The molecule has 2 aromatic carbocycles. The molecular weight excluding hydrogens is 422 g/mol. The fourth-order valence-corrected chi connectivity index (χ4v) is 4.20. The molecule has 0 spiro atoms. The first-order valence-electron chi connectivity index (χ1n) is 11.3. The van der Waals surface area contributed by atoms with E-state index in [9.17, 15) is 9.59 Å². The number of fused-ring (bicyclic) bond motifs is 2. The summed E-state index contributed by atoms with van der Waals surface area (Å²) in [5.41, 5.74) is 2.26. The van der Waals surface area contributed by atoms with Crippen LogP contribution in [-0.2, 0) is 4.74 Å². The van der Waals surface area contributed by atoms with Gasteiger partial charge in [0, 0.05) is 13.7 Å². The summed E-state index contributed by atoms with van der Waals surface area (Å²) in [6, 6.07) is 10.3. The number of benzene rings is 2. The third kappa shape index (κ3) is 4.20. The van der Waals surface area contributed by atoms with Crippen LogP contribution in [0.15, 0.2) is 45.6 Å². The maximum Gasteiger partial charge on any atom is 0.290 e. The van der Waals surface area contributed by atoms with Crippen molar-refractivity contribution in [3.05, 3.63) is 69.1 Å². The number of methoxy groups -OCH3 is 1. The molecule has 1 amide bonds. The second-order valence-corrected chi connectivity index (χ2v) is 8.06. The first-order valence-corrected chi connectivity index (χ1v) is 11.3. The van der Waals surface area contributed by atoms with Crippen LogP contribution in [0.25, 0.3) is 11.0 Å². The molecule has 0 aliphatic carbocycles. The monoisotopic (exact) mass is 451 g/mol. The summed E-state index contributed by atoms with van der Waals surface area (Å²) >= 11 is 0. The summed E-state index contributed by atoms with van der Waals surface area (Å²) in [6.07, 6.45) is 0.871. The number of carbonyl (C=O) groups excluding carboxylic acids is 1. The van der Waals surface area contributed by atoms with E-state index in [0.717, 1.165) is 17.5 Å². The van der Waals surface area contributed by atoms with Crippen LogP contribution in [0.4, 0.5) is 0 Å². The van der Waals surface area contributed by atoms with Crippen LogP contribution in [0.3, 0.4) is 0 Å². The van der Waals surface area contributed by atoms with Gasteiger partial charge in [-0.2, -0.15) is 0 Å². The highest BCUT2D eigenvalue weighted by Gasteiger charge is 2.42. The van der Waals surface area contributed by atoms with E-state index in [1.165, 1.54) is 0 Å². The number of nitrogens with zero attached hydrogens (tertiary/aromatic N) is 1. The number of rotatable bonds is 9. The smallest absolute Gasteiger partial charge is 0.290 e. The largest absolute Gasteiger partial charge is 0.490 e. The first kappa shape index (κ1) is 22.9. The van der Waals surface area contributed by atoms with E-state index in [0.29, 0.717) is 54.4 Å². The van der Waals surface area contributed by atoms with E-state index in [1.54, 1.807) is 24.1 Å². The topological polar surface area (TPSA) is 78.2 Å². The zero-order valence-electron chi connectivity index (χ0n) is 19.5. The highest BCUT2D eigenvalue weighted by molar-refractivity contribution is 5.99. The Morgan fingerprint density at radius 3 is 2.55 bits per heavy atom. The predicted molar refractivity (Wildman–Crippen MR) is 125 cm³/mol.